The first-order valence-corrected chi connectivity index (χ1v) is 6.54. The molecule has 0 aliphatic heterocycles. The number of aryl methyl sites for hydroxylation is 1. The Morgan fingerprint density at radius 2 is 2.25 bits per heavy atom. The van der Waals surface area contributed by atoms with E-state index in [2.05, 4.69) is 32.6 Å². The molecule has 0 saturated carbocycles. The van der Waals surface area contributed by atoms with Crippen molar-refractivity contribution in [1.29, 1.82) is 0 Å². The number of hydrogen-bond acceptors (Lipinski definition) is 3. The molecule has 0 aromatic carbocycles. The molecule has 0 aliphatic rings. The third-order valence-corrected chi connectivity index (χ3v) is 3.67. The summed E-state index contributed by atoms with van der Waals surface area (Å²) >= 11 is 5.07. The van der Waals surface area contributed by atoms with Crippen LogP contribution >= 0.6 is 39.7 Å². The second-order valence-electron chi connectivity index (χ2n) is 3.18. The van der Waals surface area contributed by atoms with Gasteiger partial charge in [-0.3, -0.25) is 4.79 Å². The molecule has 0 atom stereocenters. The van der Waals surface area contributed by atoms with Gasteiger partial charge >= 0.3 is 0 Å². The van der Waals surface area contributed by atoms with Crippen molar-refractivity contribution in [1.82, 2.24) is 10.6 Å². The maximum absolute atomic E-state index is 11.4. The van der Waals surface area contributed by atoms with Crippen molar-refractivity contribution in [3.05, 3.63) is 20.8 Å². The van der Waals surface area contributed by atoms with E-state index < -0.39 is 0 Å². The number of carbonyl (C=O) groups excluding carboxylic acids is 1. The van der Waals surface area contributed by atoms with Crippen molar-refractivity contribution in [3.8, 4) is 0 Å². The summed E-state index contributed by atoms with van der Waals surface area (Å²) in [4.78, 5) is 12.6. The monoisotopic (exact) mass is 326 g/mol. The van der Waals surface area contributed by atoms with Crippen LogP contribution < -0.4 is 10.6 Å². The smallest absolute Gasteiger partial charge is 0.220 e. The number of nitrogens with one attached hydrogen (secondary N) is 2. The SMILES string of the molecule is CNCCNC(=O)CCc1cc(Br)cs1.Cl. The molecule has 0 spiro atoms. The van der Waals surface area contributed by atoms with E-state index in [9.17, 15) is 4.79 Å². The summed E-state index contributed by atoms with van der Waals surface area (Å²) in [6.07, 6.45) is 1.39. The quantitative estimate of drug-likeness (QED) is 0.787. The zero-order chi connectivity index (χ0) is 11.1. The highest BCUT2D eigenvalue weighted by molar-refractivity contribution is 9.10. The number of amides is 1. The molecule has 0 fully saturated rings. The van der Waals surface area contributed by atoms with Crippen LogP contribution in [0.4, 0.5) is 0 Å². The van der Waals surface area contributed by atoms with Gasteiger partial charge in [0.15, 0.2) is 0 Å². The Balaban J connectivity index is 0.00000225. The van der Waals surface area contributed by atoms with E-state index in [-0.39, 0.29) is 18.3 Å². The van der Waals surface area contributed by atoms with E-state index in [0.29, 0.717) is 13.0 Å². The average Bonchev–Trinajstić information content (AvgIpc) is 2.62. The molecule has 1 rings (SSSR count). The van der Waals surface area contributed by atoms with Crippen LogP contribution in [0, 0.1) is 0 Å². The molecular weight excluding hydrogens is 312 g/mol. The van der Waals surface area contributed by atoms with E-state index in [1.807, 2.05) is 12.4 Å². The summed E-state index contributed by atoms with van der Waals surface area (Å²) < 4.78 is 1.10. The molecule has 6 heteroatoms. The Hall–Kier alpha value is -0.100. The molecule has 0 bridgehead atoms. The average molecular weight is 328 g/mol. The van der Waals surface area contributed by atoms with Crippen LogP contribution in [-0.4, -0.2) is 26.0 Å². The third-order valence-electron chi connectivity index (χ3n) is 1.92. The second-order valence-corrected chi connectivity index (χ2v) is 5.10. The van der Waals surface area contributed by atoms with E-state index in [1.165, 1.54) is 4.88 Å². The molecule has 0 unspecified atom stereocenters. The lowest BCUT2D eigenvalue weighted by Crippen LogP contribution is -2.30. The van der Waals surface area contributed by atoms with Gasteiger partial charge in [-0.25, -0.2) is 0 Å². The lowest BCUT2D eigenvalue weighted by atomic mass is 10.2. The van der Waals surface area contributed by atoms with Crippen molar-refractivity contribution < 1.29 is 4.79 Å². The predicted molar refractivity (Wildman–Crippen MR) is 74.5 cm³/mol. The van der Waals surface area contributed by atoms with Crippen LogP contribution in [0.15, 0.2) is 15.9 Å². The van der Waals surface area contributed by atoms with Crippen LogP contribution in [0.5, 0.6) is 0 Å². The number of carbonyl (C=O) groups is 1. The van der Waals surface area contributed by atoms with Gasteiger partial charge < -0.3 is 10.6 Å². The number of rotatable bonds is 6. The summed E-state index contributed by atoms with van der Waals surface area (Å²) in [6.45, 7) is 1.51. The zero-order valence-electron chi connectivity index (χ0n) is 9.09. The van der Waals surface area contributed by atoms with Crippen LogP contribution in [0.3, 0.4) is 0 Å². The van der Waals surface area contributed by atoms with Crippen LogP contribution in [0.25, 0.3) is 0 Å². The summed E-state index contributed by atoms with van der Waals surface area (Å²) in [6, 6.07) is 2.06. The highest BCUT2D eigenvalue weighted by atomic mass is 79.9. The Kier molecular flexibility index (Phi) is 8.93. The zero-order valence-corrected chi connectivity index (χ0v) is 12.3. The Morgan fingerprint density at radius 3 is 2.81 bits per heavy atom. The van der Waals surface area contributed by atoms with Crippen molar-refractivity contribution in [3.63, 3.8) is 0 Å². The van der Waals surface area contributed by atoms with Gasteiger partial charge in [-0.1, -0.05) is 0 Å². The molecule has 3 nitrogen and oxygen atoms in total. The highest BCUT2D eigenvalue weighted by Crippen LogP contribution is 2.20. The van der Waals surface area contributed by atoms with Gasteiger partial charge in [-0.05, 0) is 35.5 Å². The first-order chi connectivity index (χ1) is 7.22. The third kappa shape index (κ3) is 6.48. The van der Waals surface area contributed by atoms with Gasteiger partial charge in [0.2, 0.25) is 5.91 Å². The molecule has 2 N–H and O–H groups in total. The molecule has 0 radical (unpaired) electrons. The first-order valence-electron chi connectivity index (χ1n) is 4.86. The minimum Gasteiger partial charge on any atom is -0.355 e. The standard InChI is InChI=1S/C10H15BrN2OS.ClH/c1-12-4-5-13-10(14)3-2-9-6-8(11)7-15-9;/h6-7,12H,2-5H2,1H3,(H,13,14);1H. The fourth-order valence-electron chi connectivity index (χ4n) is 1.14. The number of likely N-dealkylation sites (N-methyl/N-ethyl adjacent to an activating group) is 1. The van der Waals surface area contributed by atoms with Crippen LogP contribution in [0.2, 0.25) is 0 Å². The molecule has 1 amide bonds. The minimum atomic E-state index is 0. The van der Waals surface area contributed by atoms with Crippen molar-refractivity contribution in [2.45, 2.75) is 12.8 Å². The molecule has 1 heterocycles. The Morgan fingerprint density at radius 1 is 1.50 bits per heavy atom. The molecular formula is C10H16BrClN2OS. The van der Waals surface area contributed by atoms with Crippen molar-refractivity contribution in [2.24, 2.45) is 0 Å². The van der Waals surface area contributed by atoms with Gasteiger partial charge in [0.05, 0.1) is 0 Å². The fourth-order valence-corrected chi connectivity index (χ4v) is 2.59. The second kappa shape index (κ2) is 8.98. The van der Waals surface area contributed by atoms with Gasteiger partial charge in [0.1, 0.15) is 0 Å². The van der Waals surface area contributed by atoms with Gasteiger partial charge in [-0.15, -0.1) is 23.7 Å². The largest absolute Gasteiger partial charge is 0.355 e. The Labute approximate surface area is 115 Å². The van der Waals surface area contributed by atoms with Crippen LogP contribution in [0.1, 0.15) is 11.3 Å². The molecule has 92 valence electrons. The first kappa shape index (κ1) is 15.9. The lowest BCUT2D eigenvalue weighted by Gasteiger charge is -2.03. The molecule has 16 heavy (non-hydrogen) atoms. The van der Waals surface area contributed by atoms with Crippen LogP contribution in [-0.2, 0) is 11.2 Å². The van der Waals surface area contributed by atoms with E-state index in [0.717, 1.165) is 17.4 Å². The van der Waals surface area contributed by atoms with E-state index in [1.54, 1.807) is 11.3 Å². The molecule has 1 aromatic rings. The fraction of sp³-hybridized carbons (Fsp3) is 0.500. The van der Waals surface area contributed by atoms with Crippen molar-refractivity contribution in [2.75, 3.05) is 20.1 Å². The lowest BCUT2D eigenvalue weighted by molar-refractivity contribution is -0.121. The topological polar surface area (TPSA) is 41.1 Å². The summed E-state index contributed by atoms with van der Waals surface area (Å²) in [7, 11) is 1.87. The predicted octanol–water partition coefficient (Wildman–Crippen LogP) is 2.20. The van der Waals surface area contributed by atoms with Crippen molar-refractivity contribution >= 4 is 45.6 Å². The highest BCUT2D eigenvalue weighted by Gasteiger charge is 2.03. The van der Waals surface area contributed by atoms with Gasteiger partial charge in [0, 0.05) is 34.2 Å². The number of hydrogen-bond donors (Lipinski definition) is 2. The summed E-state index contributed by atoms with van der Waals surface area (Å²) in [5.41, 5.74) is 0. The molecule has 0 aliphatic carbocycles. The Bertz CT molecular complexity index is 320. The summed E-state index contributed by atoms with van der Waals surface area (Å²) in [5, 5.41) is 7.87. The maximum atomic E-state index is 11.4. The van der Waals surface area contributed by atoms with E-state index in [4.69, 9.17) is 0 Å². The molecule has 1 aromatic heterocycles. The molecule has 0 saturated heterocycles. The number of halogens is 2. The minimum absolute atomic E-state index is 0. The maximum Gasteiger partial charge on any atom is 0.220 e. The number of thiophene rings is 1. The van der Waals surface area contributed by atoms with Gasteiger partial charge in [0.25, 0.3) is 0 Å². The van der Waals surface area contributed by atoms with E-state index >= 15 is 0 Å². The summed E-state index contributed by atoms with van der Waals surface area (Å²) in [5.74, 6) is 0.120. The normalized spacial score (nSPS) is 9.62. The van der Waals surface area contributed by atoms with Gasteiger partial charge in [-0.2, -0.15) is 0 Å².